The molecule has 0 aromatic carbocycles. The van der Waals surface area contributed by atoms with Crippen molar-refractivity contribution in [2.75, 3.05) is 25.6 Å². The lowest BCUT2D eigenvalue weighted by molar-refractivity contribution is 0.269. The highest BCUT2D eigenvalue weighted by Crippen LogP contribution is 2.23. The van der Waals surface area contributed by atoms with Crippen LogP contribution in [0.5, 0.6) is 0 Å². The third-order valence-electron chi connectivity index (χ3n) is 2.98. The predicted octanol–water partition coefficient (Wildman–Crippen LogP) is 1.18. The van der Waals surface area contributed by atoms with E-state index in [2.05, 4.69) is 23.3 Å². The number of rotatable bonds is 5. The molecular weight excluding hydrogens is 202 g/mol. The molecule has 1 aromatic heterocycles. The highest BCUT2D eigenvalue weighted by Gasteiger charge is 2.16. The first-order valence-electron chi connectivity index (χ1n) is 5.57. The summed E-state index contributed by atoms with van der Waals surface area (Å²) in [4.78, 5) is 6.39. The highest BCUT2D eigenvalue weighted by atomic mass is 16.3. The second kappa shape index (κ2) is 5.82. The van der Waals surface area contributed by atoms with Gasteiger partial charge in [-0.3, -0.25) is 0 Å². The maximum atomic E-state index is 9.17. The van der Waals surface area contributed by atoms with Crippen molar-refractivity contribution in [3.05, 3.63) is 23.9 Å². The SMILES string of the molecule is CNC(C)c1cccnc1N(C)C(C)CO. The smallest absolute Gasteiger partial charge is 0.133 e. The molecule has 0 fully saturated rings. The molecule has 1 aromatic rings. The summed E-state index contributed by atoms with van der Waals surface area (Å²) in [5.41, 5.74) is 1.15. The van der Waals surface area contributed by atoms with E-state index in [4.69, 9.17) is 5.11 Å². The van der Waals surface area contributed by atoms with Crippen molar-refractivity contribution in [2.24, 2.45) is 0 Å². The van der Waals surface area contributed by atoms with Crippen LogP contribution >= 0.6 is 0 Å². The molecule has 0 spiro atoms. The Morgan fingerprint density at radius 3 is 2.75 bits per heavy atom. The molecule has 0 saturated carbocycles. The maximum Gasteiger partial charge on any atom is 0.133 e. The molecule has 0 aliphatic carbocycles. The molecule has 90 valence electrons. The summed E-state index contributed by atoms with van der Waals surface area (Å²) < 4.78 is 0. The fraction of sp³-hybridized carbons (Fsp3) is 0.583. The van der Waals surface area contributed by atoms with Crippen LogP contribution in [0.4, 0.5) is 5.82 Å². The van der Waals surface area contributed by atoms with E-state index < -0.39 is 0 Å². The summed E-state index contributed by atoms with van der Waals surface area (Å²) >= 11 is 0. The molecule has 4 heteroatoms. The van der Waals surface area contributed by atoms with Crippen molar-refractivity contribution < 1.29 is 5.11 Å². The van der Waals surface area contributed by atoms with Gasteiger partial charge < -0.3 is 15.3 Å². The fourth-order valence-corrected chi connectivity index (χ4v) is 1.53. The minimum Gasteiger partial charge on any atom is -0.394 e. The Hall–Kier alpha value is -1.13. The largest absolute Gasteiger partial charge is 0.394 e. The van der Waals surface area contributed by atoms with Gasteiger partial charge in [-0.25, -0.2) is 4.98 Å². The second-order valence-corrected chi connectivity index (χ2v) is 4.07. The average molecular weight is 223 g/mol. The van der Waals surface area contributed by atoms with Gasteiger partial charge in [0.25, 0.3) is 0 Å². The number of hydrogen-bond acceptors (Lipinski definition) is 4. The van der Waals surface area contributed by atoms with Gasteiger partial charge in [0.05, 0.1) is 12.6 Å². The van der Waals surface area contributed by atoms with Crippen LogP contribution in [-0.4, -0.2) is 36.8 Å². The fourth-order valence-electron chi connectivity index (χ4n) is 1.53. The van der Waals surface area contributed by atoms with E-state index in [1.807, 2.05) is 32.0 Å². The standard InChI is InChI=1S/C12H21N3O/c1-9(8-16)15(4)12-11(10(2)13-3)6-5-7-14-12/h5-7,9-10,13,16H,8H2,1-4H3. The first-order chi connectivity index (χ1) is 7.61. The summed E-state index contributed by atoms with van der Waals surface area (Å²) in [6, 6.07) is 4.31. The van der Waals surface area contributed by atoms with Crippen molar-refractivity contribution in [3.63, 3.8) is 0 Å². The van der Waals surface area contributed by atoms with E-state index >= 15 is 0 Å². The second-order valence-electron chi connectivity index (χ2n) is 4.07. The summed E-state index contributed by atoms with van der Waals surface area (Å²) in [7, 11) is 3.88. The summed E-state index contributed by atoms with van der Waals surface area (Å²) in [5, 5.41) is 12.4. The van der Waals surface area contributed by atoms with Crippen molar-refractivity contribution in [3.8, 4) is 0 Å². The number of anilines is 1. The van der Waals surface area contributed by atoms with Crippen LogP contribution in [0.2, 0.25) is 0 Å². The summed E-state index contributed by atoms with van der Waals surface area (Å²) in [6.45, 7) is 4.20. The van der Waals surface area contributed by atoms with Gasteiger partial charge >= 0.3 is 0 Å². The highest BCUT2D eigenvalue weighted by molar-refractivity contribution is 5.48. The molecule has 2 atom stereocenters. The molecule has 1 heterocycles. The van der Waals surface area contributed by atoms with Crippen LogP contribution in [0.1, 0.15) is 25.5 Å². The topological polar surface area (TPSA) is 48.4 Å². The van der Waals surface area contributed by atoms with Crippen molar-refractivity contribution in [1.29, 1.82) is 0 Å². The van der Waals surface area contributed by atoms with Gasteiger partial charge in [0.2, 0.25) is 0 Å². The molecule has 0 saturated heterocycles. The zero-order valence-corrected chi connectivity index (χ0v) is 10.4. The molecule has 0 bridgehead atoms. The van der Waals surface area contributed by atoms with Crippen molar-refractivity contribution in [1.82, 2.24) is 10.3 Å². The van der Waals surface area contributed by atoms with Gasteiger partial charge in [-0.05, 0) is 27.0 Å². The molecule has 1 rings (SSSR count). The van der Waals surface area contributed by atoms with E-state index in [1.54, 1.807) is 6.20 Å². The number of nitrogens with one attached hydrogen (secondary N) is 1. The molecule has 2 unspecified atom stereocenters. The van der Waals surface area contributed by atoms with Gasteiger partial charge in [-0.2, -0.15) is 0 Å². The molecule has 4 nitrogen and oxygen atoms in total. The number of pyridine rings is 1. The zero-order chi connectivity index (χ0) is 12.1. The Morgan fingerprint density at radius 2 is 2.19 bits per heavy atom. The Bertz CT molecular complexity index is 330. The van der Waals surface area contributed by atoms with E-state index in [0.717, 1.165) is 11.4 Å². The molecule has 0 radical (unpaired) electrons. The zero-order valence-electron chi connectivity index (χ0n) is 10.4. The molecule has 16 heavy (non-hydrogen) atoms. The van der Waals surface area contributed by atoms with Crippen LogP contribution < -0.4 is 10.2 Å². The monoisotopic (exact) mass is 223 g/mol. The van der Waals surface area contributed by atoms with Gasteiger partial charge in [0.1, 0.15) is 5.82 Å². The van der Waals surface area contributed by atoms with E-state index in [-0.39, 0.29) is 18.7 Å². The first-order valence-corrected chi connectivity index (χ1v) is 5.57. The van der Waals surface area contributed by atoms with Crippen LogP contribution in [0.3, 0.4) is 0 Å². The van der Waals surface area contributed by atoms with E-state index in [1.165, 1.54) is 0 Å². The Kier molecular flexibility index (Phi) is 4.71. The van der Waals surface area contributed by atoms with Crippen LogP contribution in [0.15, 0.2) is 18.3 Å². The lowest BCUT2D eigenvalue weighted by atomic mass is 10.1. The minimum absolute atomic E-state index is 0.0673. The maximum absolute atomic E-state index is 9.17. The number of likely N-dealkylation sites (N-methyl/N-ethyl adjacent to an activating group) is 1. The molecule has 2 N–H and O–H groups in total. The molecule has 0 amide bonds. The minimum atomic E-state index is 0.0673. The van der Waals surface area contributed by atoms with Crippen LogP contribution in [0, 0.1) is 0 Å². The van der Waals surface area contributed by atoms with Gasteiger partial charge in [-0.1, -0.05) is 6.07 Å². The lowest BCUT2D eigenvalue weighted by Crippen LogP contribution is -2.34. The van der Waals surface area contributed by atoms with E-state index in [9.17, 15) is 0 Å². The quantitative estimate of drug-likeness (QED) is 0.787. The Balaban J connectivity index is 3.03. The van der Waals surface area contributed by atoms with Crippen LogP contribution in [-0.2, 0) is 0 Å². The Morgan fingerprint density at radius 1 is 1.50 bits per heavy atom. The van der Waals surface area contributed by atoms with E-state index in [0.29, 0.717) is 0 Å². The third kappa shape index (κ3) is 2.71. The number of nitrogens with zero attached hydrogens (tertiary/aromatic N) is 2. The lowest BCUT2D eigenvalue weighted by Gasteiger charge is -2.27. The number of aliphatic hydroxyl groups is 1. The number of aromatic nitrogens is 1. The number of aliphatic hydroxyl groups excluding tert-OH is 1. The first kappa shape index (κ1) is 12.9. The van der Waals surface area contributed by atoms with Gasteiger partial charge in [-0.15, -0.1) is 0 Å². The van der Waals surface area contributed by atoms with Crippen LogP contribution in [0.25, 0.3) is 0 Å². The predicted molar refractivity (Wildman–Crippen MR) is 66.7 cm³/mol. The van der Waals surface area contributed by atoms with Crippen molar-refractivity contribution in [2.45, 2.75) is 25.9 Å². The van der Waals surface area contributed by atoms with Gasteiger partial charge in [0, 0.05) is 24.8 Å². The normalized spacial score (nSPS) is 14.6. The van der Waals surface area contributed by atoms with Gasteiger partial charge in [0.15, 0.2) is 0 Å². The Labute approximate surface area is 97.3 Å². The van der Waals surface area contributed by atoms with Crippen molar-refractivity contribution >= 4 is 5.82 Å². The molecule has 0 aliphatic heterocycles. The third-order valence-corrected chi connectivity index (χ3v) is 2.98. The molecule has 0 aliphatic rings. The average Bonchev–Trinajstić information content (AvgIpc) is 2.35. The molecular formula is C12H21N3O. The number of hydrogen-bond donors (Lipinski definition) is 2. The summed E-state index contributed by atoms with van der Waals surface area (Å²) in [5.74, 6) is 0.922. The summed E-state index contributed by atoms with van der Waals surface area (Å²) in [6.07, 6.45) is 1.78.